The lowest BCUT2D eigenvalue weighted by Crippen LogP contribution is -2.29. The molecule has 9 heteroatoms. The van der Waals surface area contributed by atoms with Gasteiger partial charge in [-0.1, -0.05) is 41.0 Å². The van der Waals surface area contributed by atoms with Crippen LogP contribution in [0.4, 0.5) is 0 Å². The molecule has 2 aromatic rings. The second-order valence-corrected chi connectivity index (χ2v) is 7.58. The second kappa shape index (κ2) is 9.13. The molecule has 0 saturated heterocycles. The van der Waals surface area contributed by atoms with Gasteiger partial charge in [-0.15, -0.1) is 0 Å². The van der Waals surface area contributed by atoms with E-state index in [1.165, 1.54) is 14.2 Å². The topological polar surface area (TPSA) is 94.4 Å². The Bertz CT molecular complexity index is 1000. The van der Waals surface area contributed by atoms with Crippen molar-refractivity contribution in [3.8, 4) is 5.88 Å². The van der Waals surface area contributed by atoms with E-state index in [-0.39, 0.29) is 29.6 Å². The van der Waals surface area contributed by atoms with Crippen molar-refractivity contribution in [2.24, 2.45) is 10.1 Å². The van der Waals surface area contributed by atoms with E-state index < -0.39 is 0 Å². The number of ether oxygens (including phenoxy) is 2. The third-order valence-corrected chi connectivity index (χ3v) is 4.55. The van der Waals surface area contributed by atoms with Crippen LogP contribution in [0.1, 0.15) is 30.5 Å². The largest absolute Gasteiger partial charge is 0.475 e. The minimum absolute atomic E-state index is 0.131. The number of halogens is 1. The number of nitrogens with one attached hydrogen (secondary N) is 1. The summed E-state index contributed by atoms with van der Waals surface area (Å²) in [6, 6.07) is 8.94. The van der Waals surface area contributed by atoms with Crippen molar-refractivity contribution in [1.82, 2.24) is 10.3 Å². The highest BCUT2D eigenvalue weighted by Crippen LogP contribution is 2.27. The fourth-order valence-electron chi connectivity index (χ4n) is 2.83. The third kappa shape index (κ3) is 4.88. The van der Waals surface area contributed by atoms with Crippen LogP contribution in [-0.4, -0.2) is 48.8 Å². The Morgan fingerprint density at radius 1 is 1.37 bits per heavy atom. The van der Waals surface area contributed by atoms with Gasteiger partial charge in [0.2, 0.25) is 11.8 Å². The number of likely N-dealkylation sites (N-methyl/N-ethyl adjacent to an activating group) is 1. The number of aliphatic imine (C=N–C) groups is 1. The van der Waals surface area contributed by atoms with E-state index >= 15 is 0 Å². The number of oxime groups is 1. The minimum Gasteiger partial charge on any atom is -0.475 e. The van der Waals surface area contributed by atoms with Gasteiger partial charge in [0.25, 0.3) is 5.91 Å². The number of carbonyl (C=O) groups is 1. The fourth-order valence-corrected chi connectivity index (χ4v) is 3.05. The Morgan fingerprint density at radius 3 is 2.77 bits per heavy atom. The minimum atomic E-state index is -0.370. The Kier molecular flexibility index (Phi) is 6.56. The van der Waals surface area contributed by atoms with Crippen LogP contribution in [0.2, 0.25) is 5.02 Å². The molecule has 158 valence electrons. The first-order valence-corrected chi connectivity index (χ1v) is 9.65. The first-order valence-electron chi connectivity index (χ1n) is 9.27. The summed E-state index contributed by atoms with van der Waals surface area (Å²) in [6.07, 6.45) is 1.61. The van der Waals surface area contributed by atoms with Crippen LogP contribution >= 0.6 is 11.6 Å². The van der Waals surface area contributed by atoms with Crippen LogP contribution in [0.15, 0.2) is 46.7 Å². The molecular weight excluding hydrogens is 408 g/mol. The molecule has 0 fully saturated rings. The second-order valence-electron chi connectivity index (χ2n) is 7.18. The zero-order valence-electron chi connectivity index (χ0n) is 17.2. The van der Waals surface area contributed by atoms with E-state index in [4.69, 9.17) is 25.9 Å². The summed E-state index contributed by atoms with van der Waals surface area (Å²) in [4.78, 5) is 25.8. The molecule has 30 heavy (non-hydrogen) atoms. The summed E-state index contributed by atoms with van der Waals surface area (Å²) in [5, 5.41) is 6.73. The monoisotopic (exact) mass is 430 g/mol. The van der Waals surface area contributed by atoms with Crippen molar-refractivity contribution in [3.63, 3.8) is 0 Å². The molecule has 1 aromatic heterocycles. The standard InChI is InChI=1S/C21H23ClN4O4/c1-21(2)12-30-19(25-21)14-9-16(22)20(24-10-14)29-11-13-7-5-6-8-15(13)17(26-28-4)18(27)23-3/h5-10H,11-12H2,1-4H3,(H,23,27)/b26-17+. The Morgan fingerprint density at radius 2 is 2.13 bits per heavy atom. The van der Waals surface area contributed by atoms with Crippen LogP contribution in [-0.2, 0) is 21.0 Å². The van der Waals surface area contributed by atoms with Crippen molar-refractivity contribution in [3.05, 3.63) is 58.2 Å². The van der Waals surface area contributed by atoms with E-state index in [9.17, 15) is 4.79 Å². The summed E-state index contributed by atoms with van der Waals surface area (Å²) in [5.41, 5.74) is 1.87. The fraction of sp³-hybridized carbons (Fsp3) is 0.333. The van der Waals surface area contributed by atoms with E-state index in [0.29, 0.717) is 28.7 Å². The smallest absolute Gasteiger partial charge is 0.273 e. The maximum absolute atomic E-state index is 12.2. The summed E-state index contributed by atoms with van der Waals surface area (Å²) in [7, 11) is 2.91. The predicted molar refractivity (Wildman–Crippen MR) is 114 cm³/mol. The van der Waals surface area contributed by atoms with Crippen molar-refractivity contribution in [2.75, 3.05) is 20.8 Å². The first kappa shape index (κ1) is 21.6. The molecule has 0 bridgehead atoms. The van der Waals surface area contributed by atoms with Gasteiger partial charge in [0.05, 0.1) is 11.1 Å². The lowest BCUT2D eigenvalue weighted by Gasteiger charge is -2.12. The average Bonchev–Trinajstić information content (AvgIpc) is 3.10. The molecule has 3 rings (SSSR count). The van der Waals surface area contributed by atoms with E-state index in [1.807, 2.05) is 26.0 Å². The van der Waals surface area contributed by atoms with Gasteiger partial charge in [-0.2, -0.15) is 0 Å². The molecule has 1 aliphatic heterocycles. The number of hydrogen-bond acceptors (Lipinski definition) is 7. The Labute approximate surface area is 179 Å². The van der Waals surface area contributed by atoms with E-state index in [2.05, 4.69) is 20.4 Å². The molecule has 2 heterocycles. The zero-order chi connectivity index (χ0) is 21.7. The molecule has 0 radical (unpaired) electrons. The molecule has 0 saturated carbocycles. The van der Waals surface area contributed by atoms with Gasteiger partial charge in [-0.05, 0) is 25.5 Å². The number of benzene rings is 1. The van der Waals surface area contributed by atoms with Crippen LogP contribution in [0.3, 0.4) is 0 Å². The normalized spacial score (nSPS) is 15.2. The summed E-state index contributed by atoms with van der Waals surface area (Å²) >= 11 is 6.36. The summed E-state index contributed by atoms with van der Waals surface area (Å²) in [6.45, 7) is 4.62. The molecular formula is C21H23ClN4O4. The van der Waals surface area contributed by atoms with Gasteiger partial charge >= 0.3 is 0 Å². The van der Waals surface area contributed by atoms with Crippen molar-refractivity contribution in [2.45, 2.75) is 26.0 Å². The van der Waals surface area contributed by atoms with Crippen molar-refractivity contribution in [1.29, 1.82) is 0 Å². The van der Waals surface area contributed by atoms with Gasteiger partial charge in [0.1, 0.15) is 25.3 Å². The van der Waals surface area contributed by atoms with E-state index in [1.54, 1.807) is 24.4 Å². The maximum atomic E-state index is 12.2. The molecule has 1 aliphatic rings. The number of pyridine rings is 1. The van der Waals surface area contributed by atoms with Crippen molar-refractivity contribution >= 4 is 29.1 Å². The summed E-state index contributed by atoms with van der Waals surface area (Å²) < 4.78 is 11.4. The number of hydrogen-bond donors (Lipinski definition) is 1. The lowest BCUT2D eigenvalue weighted by atomic mass is 10.0. The molecule has 1 aromatic carbocycles. The maximum Gasteiger partial charge on any atom is 0.273 e. The summed E-state index contributed by atoms with van der Waals surface area (Å²) in [5.74, 6) is 0.403. The lowest BCUT2D eigenvalue weighted by molar-refractivity contribution is -0.114. The zero-order valence-corrected chi connectivity index (χ0v) is 18.0. The van der Waals surface area contributed by atoms with E-state index in [0.717, 1.165) is 5.56 Å². The number of aromatic nitrogens is 1. The van der Waals surface area contributed by atoms with Crippen LogP contribution in [0, 0.1) is 0 Å². The average molecular weight is 431 g/mol. The first-order chi connectivity index (χ1) is 14.3. The highest BCUT2D eigenvalue weighted by Gasteiger charge is 2.27. The SMILES string of the molecule is CNC(=O)/C(=N/OC)c1ccccc1COc1ncc(C2=NC(C)(C)CO2)cc1Cl. The van der Waals surface area contributed by atoms with Gasteiger partial charge in [0, 0.05) is 18.8 Å². The number of nitrogens with zero attached hydrogens (tertiary/aromatic N) is 3. The predicted octanol–water partition coefficient (Wildman–Crippen LogP) is 2.97. The van der Waals surface area contributed by atoms with Crippen LogP contribution in [0.5, 0.6) is 5.88 Å². The number of rotatable bonds is 7. The highest BCUT2D eigenvalue weighted by molar-refractivity contribution is 6.45. The van der Waals surface area contributed by atoms with Crippen molar-refractivity contribution < 1.29 is 19.1 Å². The Balaban J connectivity index is 1.80. The Hall–Kier alpha value is -3.13. The molecule has 0 aliphatic carbocycles. The molecule has 1 N–H and O–H groups in total. The highest BCUT2D eigenvalue weighted by atomic mass is 35.5. The number of carbonyl (C=O) groups excluding carboxylic acids is 1. The molecule has 0 atom stereocenters. The molecule has 8 nitrogen and oxygen atoms in total. The quantitative estimate of drug-likeness (QED) is 0.538. The number of amides is 1. The van der Waals surface area contributed by atoms with Gasteiger partial charge < -0.3 is 19.6 Å². The van der Waals surface area contributed by atoms with Crippen LogP contribution < -0.4 is 10.1 Å². The van der Waals surface area contributed by atoms with Gasteiger partial charge in [0.15, 0.2) is 5.71 Å². The van der Waals surface area contributed by atoms with Crippen LogP contribution in [0.25, 0.3) is 0 Å². The molecule has 1 amide bonds. The van der Waals surface area contributed by atoms with Gasteiger partial charge in [-0.3, -0.25) is 4.79 Å². The van der Waals surface area contributed by atoms with Gasteiger partial charge in [-0.25, -0.2) is 9.98 Å². The molecule has 0 unspecified atom stereocenters. The molecule has 0 spiro atoms. The third-order valence-electron chi connectivity index (χ3n) is 4.28.